The van der Waals surface area contributed by atoms with Crippen LogP contribution >= 0.6 is 0 Å². The third-order valence-corrected chi connectivity index (χ3v) is 3.92. The number of nitrogens with one attached hydrogen (secondary N) is 3. The summed E-state index contributed by atoms with van der Waals surface area (Å²) in [4.78, 5) is 59.8. The highest BCUT2D eigenvalue weighted by molar-refractivity contribution is 5.85. The van der Waals surface area contributed by atoms with Gasteiger partial charge in [0.2, 0.25) is 5.43 Å². The number of alkyl carbamates (subject to hydrolysis) is 1. The van der Waals surface area contributed by atoms with Crippen molar-refractivity contribution in [1.82, 2.24) is 15.3 Å². The number of rotatable bonds is 7. The Bertz CT molecular complexity index is 1100. The highest BCUT2D eigenvalue weighted by Gasteiger charge is 2.21. The van der Waals surface area contributed by atoms with E-state index in [2.05, 4.69) is 15.3 Å². The number of halogens is 2. The van der Waals surface area contributed by atoms with Crippen molar-refractivity contribution in [2.24, 2.45) is 0 Å². The largest absolute Gasteiger partial charge is 0.479 e. The molecule has 2 unspecified atom stereocenters. The first-order chi connectivity index (χ1) is 16.7. The lowest BCUT2D eigenvalue weighted by Crippen LogP contribution is -2.38. The summed E-state index contributed by atoms with van der Waals surface area (Å²) >= 11 is 0. The molecule has 0 saturated heterocycles. The van der Waals surface area contributed by atoms with Gasteiger partial charge >= 0.3 is 12.1 Å². The number of carbonyl (C=O) groups is 3. The molecule has 6 N–H and O–H groups in total. The maximum absolute atomic E-state index is 13.7. The number of hydrogen-bond acceptors (Lipinski definition) is 7. The molecule has 0 bridgehead atoms. The second-order valence-corrected chi connectivity index (χ2v) is 8.21. The number of aromatic amines is 2. The fourth-order valence-electron chi connectivity index (χ4n) is 2.09. The molecule has 0 radical (unpaired) electrons. The Hall–Kier alpha value is -4.03. The molecule has 208 valence electrons. The molecule has 2 atom stereocenters. The molecular formula is C24H36F2N4O7. The van der Waals surface area contributed by atoms with E-state index in [9.17, 15) is 32.8 Å². The van der Waals surface area contributed by atoms with Gasteiger partial charge in [-0.1, -0.05) is 14.4 Å². The fraction of sp³-hybridized carbons (Fsp3) is 0.458. The molecule has 2 rings (SSSR count). The minimum Gasteiger partial charge on any atom is -0.479 e. The molecule has 0 aliphatic carbocycles. The summed E-state index contributed by atoms with van der Waals surface area (Å²) in [6, 6.07) is 2.64. The van der Waals surface area contributed by atoms with Crippen molar-refractivity contribution < 1.29 is 33.0 Å². The van der Waals surface area contributed by atoms with Crippen molar-refractivity contribution in [2.45, 2.75) is 65.9 Å². The number of amides is 1. The summed E-state index contributed by atoms with van der Waals surface area (Å²) < 4.78 is 30.3. The van der Waals surface area contributed by atoms with Gasteiger partial charge in [0.25, 0.3) is 0 Å². The Morgan fingerprint density at radius 1 is 1.05 bits per heavy atom. The van der Waals surface area contributed by atoms with Crippen LogP contribution in [0.4, 0.5) is 19.3 Å². The van der Waals surface area contributed by atoms with E-state index >= 15 is 0 Å². The maximum atomic E-state index is 13.7. The van der Waals surface area contributed by atoms with Crippen LogP contribution in [0.25, 0.3) is 0 Å². The molecule has 37 heavy (non-hydrogen) atoms. The smallest absolute Gasteiger partial charge is 0.407 e. The molecular weight excluding hydrogens is 494 g/mol. The van der Waals surface area contributed by atoms with Crippen LogP contribution in [0, 0.1) is 0 Å². The summed E-state index contributed by atoms with van der Waals surface area (Å²) in [6.45, 7) is 6.02. The minimum atomic E-state index is -1.89. The molecule has 0 aliphatic rings. The second-order valence-electron chi connectivity index (χ2n) is 8.21. The molecule has 0 fully saturated rings. The first kappa shape index (κ1) is 35.1. The van der Waals surface area contributed by atoms with Crippen molar-refractivity contribution >= 4 is 23.5 Å². The van der Waals surface area contributed by atoms with Crippen molar-refractivity contribution in [2.75, 3.05) is 12.3 Å². The van der Waals surface area contributed by atoms with E-state index in [0.29, 0.717) is 0 Å². The Labute approximate surface area is 213 Å². The number of carbonyl (C=O) groups excluding carboxylic acids is 2. The summed E-state index contributed by atoms with van der Waals surface area (Å²) in [5.74, 6) is -2.15. The molecule has 0 spiro atoms. The maximum Gasteiger partial charge on any atom is 0.407 e. The number of carboxylic acid groups (broad SMARTS) is 1. The van der Waals surface area contributed by atoms with Gasteiger partial charge in [-0.3, -0.25) is 14.4 Å². The van der Waals surface area contributed by atoms with Gasteiger partial charge in [-0.25, -0.2) is 18.4 Å². The number of aliphatic carboxylic acids is 1. The van der Waals surface area contributed by atoms with E-state index in [-0.39, 0.29) is 42.4 Å². The van der Waals surface area contributed by atoms with Crippen LogP contribution < -0.4 is 21.9 Å². The number of aromatic nitrogens is 2. The molecule has 0 saturated carbocycles. The van der Waals surface area contributed by atoms with Gasteiger partial charge in [0.1, 0.15) is 5.60 Å². The Morgan fingerprint density at radius 3 is 1.97 bits per heavy atom. The van der Waals surface area contributed by atoms with Crippen molar-refractivity contribution in [3.05, 3.63) is 62.9 Å². The van der Waals surface area contributed by atoms with Crippen LogP contribution in [0.2, 0.25) is 0 Å². The first-order valence-electron chi connectivity index (χ1n) is 10.8. The zero-order chi connectivity index (χ0) is 27.9. The van der Waals surface area contributed by atoms with Gasteiger partial charge in [0, 0.05) is 48.9 Å². The monoisotopic (exact) mass is 530 g/mol. The van der Waals surface area contributed by atoms with Gasteiger partial charge in [0.05, 0.1) is 12.2 Å². The van der Waals surface area contributed by atoms with Gasteiger partial charge in [-0.05, 0) is 27.2 Å². The van der Waals surface area contributed by atoms with E-state index in [4.69, 9.17) is 15.6 Å². The number of anilines is 1. The standard InChI is InChI=1S/C14H19FN2O4.C5H6N2O.C4H7FO2.CH4/c1-14(2,3)21-13(20)17-8-10(15)12(19)6-9-7-16-5-4-11(9)18;6-4-3-7-2-1-5(4)8;1-2-3(5)4(6)7;/h4-5,7,10H,6,8H2,1-3H3,(H,16,18)(H,17,20);1-3H,6H2,(H,7,8);3H,2H2,1H3,(H,6,7);1H4. The number of alkyl halides is 2. The highest BCUT2D eigenvalue weighted by Crippen LogP contribution is 2.06. The summed E-state index contributed by atoms with van der Waals surface area (Å²) in [5.41, 5.74) is 4.44. The van der Waals surface area contributed by atoms with E-state index in [1.165, 1.54) is 37.6 Å². The molecule has 0 aromatic carbocycles. The number of nitrogen functional groups attached to an aromatic ring is 1. The number of ketones is 1. The number of hydrogen-bond donors (Lipinski definition) is 5. The van der Waals surface area contributed by atoms with Crippen molar-refractivity contribution in [1.29, 1.82) is 0 Å². The van der Waals surface area contributed by atoms with Crippen LogP contribution in [0.3, 0.4) is 0 Å². The van der Waals surface area contributed by atoms with E-state index in [1.54, 1.807) is 27.0 Å². The minimum absolute atomic E-state index is 0. The first-order valence-corrected chi connectivity index (χ1v) is 10.8. The third-order valence-electron chi connectivity index (χ3n) is 3.92. The molecule has 2 aromatic rings. The summed E-state index contributed by atoms with van der Waals surface area (Å²) in [5, 5.41) is 9.98. The van der Waals surface area contributed by atoms with Crippen molar-refractivity contribution in [3.8, 4) is 0 Å². The van der Waals surface area contributed by atoms with Crippen LogP contribution in [0.1, 0.15) is 47.1 Å². The Balaban J connectivity index is 0. The average molecular weight is 531 g/mol. The number of ether oxygens (including phenoxy) is 1. The Morgan fingerprint density at radius 2 is 1.59 bits per heavy atom. The van der Waals surface area contributed by atoms with Gasteiger partial charge in [-0.15, -0.1) is 0 Å². The molecule has 0 aliphatic heterocycles. The van der Waals surface area contributed by atoms with Gasteiger partial charge < -0.3 is 30.9 Å². The zero-order valence-electron chi connectivity index (χ0n) is 20.5. The summed E-state index contributed by atoms with van der Waals surface area (Å²) in [7, 11) is 0. The number of pyridine rings is 2. The van der Waals surface area contributed by atoms with E-state index in [0.717, 1.165) is 0 Å². The zero-order valence-corrected chi connectivity index (χ0v) is 20.5. The number of Topliss-reactive ketones (excluding diaryl/α,β-unsaturated/α-hetero) is 1. The van der Waals surface area contributed by atoms with Gasteiger partial charge in [0.15, 0.2) is 23.6 Å². The molecule has 2 aromatic heterocycles. The normalized spacial score (nSPS) is 11.6. The lowest BCUT2D eigenvalue weighted by atomic mass is 10.1. The van der Waals surface area contributed by atoms with Gasteiger partial charge in [-0.2, -0.15) is 0 Å². The predicted molar refractivity (Wildman–Crippen MR) is 136 cm³/mol. The number of carboxylic acids is 1. The lowest BCUT2D eigenvalue weighted by molar-refractivity contribution is -0.142. The van der Waals surface area contributed by atoms with Crippen molar-refractivity contribution in [3.63, 3.8) is 0 Å². The second kappa shape index (κ2) is 17.4. The summed E-state index contributed by atoms with van der Waals surface area (Å²) in [6.07, 6.45) is 1.14. The van der Waals surface area contributed by atoms with Crippen LogP contribution in [-0.2, 0) is 20.7 Å². The average Bonchev–Trinajstić information content (AvgIpc) is 2.80. The molecule has 11 nitrogen and oxygen atoms in total. The van der Waals surface area contributed by atoms with Crippen LogP contribution in [-0.4, -0.2) is 57.4 Å². The predicted octanol–water partition coefficient (Wildman–Crippen LogP) is 2.76. The lowest BCUT2D eigenvalue weighted by Gasteiger charge is -2.20. The quantitative estimate of drug-likeness (QED) is 0.362. The van der Waals surface area contributed by atoms with E-state index in [1.807, 2.05) is 0 Å². The van der Waals surface area contributed by atoms with Crippen LogP contribution in [0.15, 0.2) is 46.5 Å². The fourth-order valence-corrected chi connectivity index (χ4v) is 2.09. The molecule has 13 heteroatoms. The molecule has 1 amide bonds. The third kappa shape index (κ3) is 16.3. The van der Waals surface area contributed by atoms with E-state index < -0.39 is 42.3 Å². The number of H-pyrrole nitrogens is 2. The SMILES string of the molecule is C.CC(C)(C)OC(=O)NCC(F)C(=O)Cc1c[nH]ccc1=O.CCC(F)C(=O)O.Nc1c[nH]ccc1=O. The Kier molecular flexibility index (Phi) is 16.5. The highest BCUT2D eigenvalue weighted by atomic mass is 19.1. The number of nitrogens with two attached hydrogens (primary N) is 1. The topological polar surface area (TPSA) is 184 Å². The van der Waals surface area contributed by atoms with Crippen LogP contribution in [0.5, 0.6) is 0 Å². The molecule has 2 heterocycles.